The van der Waals surface area contributed by atoms with Crippen LogP contribution in [0.15, 0.2) is 23.0 Å². The number of H-pyrrole nitrogens is 1. The van der Waals surface area contributed by atoms with Crippen LogP contribution in [0.5, 0.6) is 17.2 Å². The van der Waals surface area contributed by atoms with Gasteiger partial charge in [-0.15, -0.1) is 0 Å². The number of aromatic hydroxyl groups is 1. The van der Waals surface area contributed by atoms with E-state index < -0.39 is 11.3 Å². The van der Waals surface area contributed by atoms with Gasteiger partial charge in [0.1, 0.15) is 5.75 Å². The van der Waals surface area contributed by atoms with E-state index in [4.69, 9.17) is 9.47 Å². The number of hydrogen-bond donors (Lipinski definition) is 2. The van der Waals surface area contributed by atoms with Gasteiger partial charge < -0.3 is 19.6 Å². The zero-order valence-electron chi connectivity index (χ0n) is 10.5. The number of aromatic amines is 1. The lowest BCUT2D eigenvalue weighted by Crippen LogP contribution is -2.12. The molecule has 0 aliphatic carbocycles. The van der Waals surface area contributed by atoms with Gasteiger partial charge in [0.25, 0.3) is 5.56 Å². The molecule has 0 bridgehead atoms. The number of fused-ring (bicyclic) bond motifs is 1. The number of benzene rings is 1. The molecule has 0 radical (unpaired) electrons. The van der Waals surface area contributed by atoms with Gasteiger partial charge >= 0.3 is 0 Å². The van der Waals surface area contributed by atoms with Crippen molar-refractivity contribution < 1.29 is 14.6 Å². The first kappa shape index (κ1) is 12.3. The van der Waals surface area contributed by atoms with Crippen LogP contribution in [0.1, 0.15) is 13.8 Å². The predicted octanol–water partition coefficient (Wildman–Crippen LogP) is 2.03. The summed E-state index contributed by atoms with van der Waals surface area (Å²) in [6, 6.07) is 5.16. The Hall–Kier alpha value is -2.17. The number of hydrogen-bond acceptors (Lipinski definition) is 4. The molecule has 2 N–H and O–H groups in total. The minimum atomic E-state index is -0.577. The quantitative estimate of drug-likeness (QED) is 0.873. The molecule has 18 heavy (non-hydrogen) atoms. The summed E-state index contributed by atoms with van der Waals surface area (Å²) < 4.78 is 10.6. The lowest BCUT2D eigenvalue weighted by Gasteiger charge is -2.13. The molecule has 0 fully saturated rings. The van der Waals surface area contributed by atoms with E-state index >= 15 is 0 Å². The minimum Gasteiger partial charge on any atom is -0.500 e. The Balaban J connectivity index is 2.73. The molecule has 0 saturated heterocycles. The van der Waals surface area contributed by atoms with Gasteiger partial charge in [-0.1, -0.05) is 0 Å². The smallest absolute Gasteiger partial charge is 0.294 e. The fourth-order valence-electron chi connectivity index (χ4n) is 1.72. The molecule has 5 nitrogen and oxygen atoms in total. The van der Waals surface area contributed by atoms with E-state index in [0.29, 0.717) is 16.7 Å². The van der Waals surface area contributed by atoms with Crippen LogP contribution in [0.2, 0.25) is 0 Å². The van der Waals surface area contributed by atoms with Gasteiger partial charge in [0.15, 0.2) is 5.75 Å². The molecule has 0 saturated carbocycles. The third-order valence-corrected chi connectivity index (χ3v) is 2.50. The number of nitrogens with one attached hydrogen (secondary N) is 1. The molecule has 0 aliphatic rings. The summed E-state index contributed by atoms with van der Waals surface area (Å²) in [7, 11) is 1.55. The second-order valence-corrected chi connectivity index (χ2v) is 4.21. The average Bonchev–Trinajstić information content (AvgIpc) is 2.33. The monoisotopic (exact) mass is 249 g/mol. The average molecular weight is 249 g/mol. The molecule has 0 spiro atoms. The first-order valence-electron chi connectivity index (χ1n) is 5.62. The van der Waals surface area contributed by atoms with Crippen LogP contribution in [0.25, 0.3) is 10.9 Å². The van der Waals surface area contributed by atoms with Crippen LogP contribution >= 0.6 is 0 Å². The van der Waals surface area contributed by atoms with Crippen molar-refractivity contribution in [3.8, 4) is 17.2 Å². The summed E-state index contributed by atoms with van der Waals surface area (Å²) in [4.78, 5) is 14.2. The van der Waals surface area contributed by atoms with Crippen molar-refractivity contribution in [2.45, 2.75) is 20.0 Å². The Morgan fingerprint density at radius 1 is 1.33 bits per heavy atom. The second-order valence-electron chi connectivity index (χ2n) is 4.21. The summed E-state index contributed by atoms with van der Waals surface area (Å²) in [5, 5.41) is 10.4. The lowest BCUT2D eigenvalue weighted by molar-refractivity contribution is 0.234. The lowest BCUT2D eigenvalue weighted by atomic mass is 10.2. The van der Waals surface area contributed by atoms with Crippen molar-refractivity contribution in [3.63, 3.8) is 0 Å². The molecule has 2 aromatic rings. The summed E-state index contributed by atoms with van der Waals surface area (Å²) in [5.74, 6) is 0.423. The van der Waals surface area contributed by atoms with E-state index in [1.54, 1.807) is 25.3 Å². The van der Waals surface area contributed by atoms with Crippen molar-refractivity contribution in [1.82, 2.24) is 4.98 Å². The molecule has 0 amide bonds. The zero-order chi connectivity index (χ0) is 13.3. The number of rotatable bonds is 3. The fraction of sp³-hybridized carbons (Fsp3) is 0.308. The normalized spacial score (nSPS) is 10.9. The Bertz CT molecular complexity index is 631. The molecule has 2 rings (SSSR count). The highest BCUT2D eigenvalue weighted by molar-refractivity contribution is 5.88. The molecule has 0 unspecified atom stereocenters. The third-order valence-electron chi connectivity index (χ3n) is 2.50. The molecule has 0 aliphatic heterocycles. The van der Waals surface area contributed by atoms with Gasteiger partial charge in [-0.25, -0.2) is 0 Å². The first-order valence-corrected chi connectivity index (χ1v) is 5.62. The molecule has 1 aromatic heterocycles. The van der Waals surface area contributed by atoms with Crippen molar-refractivity contribution >= 4 is 10.9 Å². The molecule has 96 valence electrons. The number of aromatic nitrogens is 1. The maximum Gasteiger partial charge on any atom is 0.294 e. The van der Waals surface area contributed by atoms with E-state index in [2.05, 4.69) is 4.98 Å². The van der Waals surface area contributed by atoms with E-state index in [0.717, 1.165) is 0 Å². The summed E-state index contributed by atoms with van der Waals surface area (Å²) in [6.45, 7) is 3.66. The molecule has 0 atom stereocenters. The summed E-state index contributed by atoms with van der Waals surface area (Å²) in [5.41, 5.74) is -0.0146. The largest absolute Gasteiger partial charge is 0.500 e. The fourth-order valence-corrected chi connectivity index (χ4v) is 1.72. The van der Waals surface area contributed by atoms with Crippen LogP contribution in [0.4, 0.5) is 0 Å². The van der Waals surface area contributed by atoms with Crippen LogP contribution in [0, 0.1) is 0 Å². The predicted molar refractivity (Wildman–Crippen MR) is 68.5 cm³/mol. The van der Waals surface area contributed by atoms with Crippen LogP contribution in [-0.2, 0) is 0 Å². The minimum absolute atomic E-state index is 0.136. The van der Waals surface area contributed by atoms with E-state index in [1.807, 2.05) is 13.8 Å². The number of ether oxygens (including phenoxy) is 2. The molecular weight excluding hydrogens is 234 g/mol. The highest BCUT2D eigenvalue weighted by Gasteiger charge is 2.14. The third kappa shape index (κ3) is 2.11. The van der Waals surface area contributed by atoms with Crippen molar-refractivity contribution in [2.24, 2.45) is 0 Å². The standard InChI is InChI=1S/C13H15NO4/c1-7(2)18-12-9-5-4-8(17-3)6-10(9)14-13(16)11(12)15/h4-7,15H,1-3H3,(H,14,16). The van der Waals surface area contributed by atoms with Crippen molar-refractivity contribution in [1.29, 1.82) is 0 Å². The molecular formula is C13H15NO4. The molecule has 1 heterocycles. The zero-order valence-corrected chi connectivity index (χ0v) is 10.5. The van der Waals surface area contributed by atoms with Crippen molar-refractivity contribution in [3.05, 3.63) is 28.6 Å². The van der Waals surface area contributed by atoms with E-state index in [9.17, 15) is 9.90 Å². The summed E-state index contributed by atoms with van der Waals surface area (Å²) >= 11 is 0. The SMILES string of the molecule is COc1ccc2c(OC(C)C)c(O)c(=O)[nH]c2c1. The highest BCUT2D eigenvalue weighted by atomic mass is 16.5. The van der Waals surface area contributed by atoms with Gasteiger partial charge in [0.2, 0.25) is 5.75 Å². The van der Waals surface area contributed by atoms with E-state index in [-0.39, 0.29) is 11.9 Å². The van der Waals surface area contributed by atoms with Gasteiger partial charge in [0, 0.05) is 11.5 Å². The Morgan fingerprint density at radius 3 is 2.67 bits per heavy atom. The number of pyridine rings is 1. The topological polar surface area (TPSA) is 71.5 Å². The highest BCUT2D eigenvalue weighted by Crippen LogP contribution is 2.32. The number of methoxy groups -OCH3 is 1. The van der Waals surface area contributed by atoms with E-state index in [1.165, 1.54) is 0 Å². The summed E-state index contributed by atoms with van der Waals surface area (Å²) in [6.07, 6.45) is -0.136. The maximum atomic E-state index is 11.6. The Labute approximate surface area is 104 Å². The van der Waals surface area contributed by atoms with Crippen LogP contribution in [-0.4, -0.2) is 23.3 Å². The Morgan fingerprint density at radius 2 is 2.06 bits per heavy atom. The van der Waals surface area contributed by atoms with Crippen LogP contribution < -0.4 is 15.0 Å². The van der Waals surface area contributed by atoms with Crippen molar-refractivity contribution in [2.75, 3.05) is 7.11 Å². The van der Waals surface area contributed by atoms with Gasteiger partial charge in [-0.05, 0) is 26.0 Å². The van der Waals surface area contributed by atoms with Gasteiger partial charge in [-0.2, -0.15) is 0 Å². The molecule has 5 heteroatoms. The maximum absolute atomic E-state index is 11.6. The Kier molecular flexibility index (Phi) is 3.14. The first-order chi connectivity index (χ1) is 8.52. The second kappa shape index (κ2) is 4.60. The van der Waals surface area contributed by atoms with Crippen LogP contribution in [0.3, 0.4) is 0 Å². The van der Waals surface area contributed by atoms with Gasteiger partial charge in [-0.3, -0.25) is 4.79 Å². The van der Waals surface area contributed by atoms with Gasteiger partial charge in [0.05, 0.1) is 18.7 Å². The molecule has 1 aromatic carbocycles.